The third kappa shape index (κ3) is 2.10. The van der Waals surface area contributed by atoms with Gasteiger partial charge in [-0.05, 0) is 13.0 Å². The van der Waals surface area contributed by atoms with Crippen molar-refractivity contribution in [3.8, 4) is 5.69 Å². The fourth-order valence-electron chi connectivity index (χ4n) is 1.51. The Labute approximate surface area is 107 Å². The summed E-state index contributed by atoms with van der Waals surface area (Å²) in [6, 6.07) is 4.06. The maximum Gasteiger partial charge on any atom is 0.271 e. The SMILES string of the molecule is Cc1nn(-c2ccc([N+](=O)[O-])cc2Cl)cc1C=O. The molecular formula is C11H8ClN3O3. The Morgan fingerprint density at radius 3 is 2.72 bits per heavy atom. The summed E-state index contributed by atoms with van der Waals surface area (Å²) >= 11 is 5.96. The molecule has 0 saturated carbocycles. The lowest BCUT2D eigenvalue weighted by Gasteiger charge is -2.03. The van der Waals surface area contributed by atoms with Gasteiger partial charge in [0.15, 0.2) is 6.29 Å². The van der Waals surface area contributed by atoms with Crippen LogP contribution in [0.15, 0.2) is 24.4 Å². The third-order valence-electron chi connectivity index (χ3n) is 2.45. The number of nitro groups is 1. The maximum atomic E-state index is 10.7. The van der Waals surface area contributed by atoms with Crippen molar-refractivity contribution in [3.63, 3.8) is 0 Å². The number of benzene rings is 1. The van der Waals surface area contributed by atoms with E-state index in [-0.39, 0.29) is 10.7 Å². The predicted molar refractivity (Wildman–Crippen MR) is 65.4 cm³/mol. The first-order valence-electron chi connectivity index (χ1n) is 4.98. The van der Waals surface area contributed by atoms with E-state index >= 15 is 0 Å². The van der Waals surface area contributed by atoms with Gasteiger partial charge in [-0.2, -0.15) is 5.10 Å². The number of aryl methyl sites for hydroxylation is 1. The van der Waals surface area contributed by atoms with E-state index in [1.54, 1.807) is 6.92 Å². The number of aldehydes is 1. The fraction of sp³-hybridized carbons (Fsp3) is 0.0909. The molecule has 18 heavy (non-hydrogen) atoms. The Balaban J connectivity index is 2.50. The van der Waals surface area contributed by atoms with E-state index in [4.69, 9.17) is 11.6 Å². The van der Waals surface area contributed by atoms with Crippen LogP contribution in [0.5, 0.6) is 0 Å². The molecule has 0 aliphatic carbocycles. The molecule has 0 aliphatic heterocycles. The number of nitro benzene ring substituents is 1. The quantitative estimate of drug-likeness (QED) is 0.485. The van der Waals surface area contributed by atoms with Crippen LogP contribution in [-0.4, -0.2) is 21.0 Å². The molecule has 1 heterocycles. The zero-order valence-electron chi connectivity index (χ0n) is 9.33. The second kappa shape index (κ2) is 4.58. The molecule has 0 saturated heterocycles. The van der Waals surface area contributed by atoms with Crippen molar-refractivity contribution in [1.29, 1.82) is 0 Å². The van der Waals surface area contributed by atoms with Crippen molar-refractivity contribution in [2.24, 2.45) is 0 Å². The highest BCUT2D eigenvalue weighted by atomic mass is 35.5. The first kappa shape index (κ1) is 12.3. The van der Waals surface area contributed by atoms with Gasteiger partial charge in [-0.25, -0.2) is 4.68 Å². The molecule has 0 N–H and O–H groups in total. The first-order chi connectivity index (χ1) is 8.52. The number of nitrogens with zero attached hydrogens (tertiary/aromatic N) is 3. The van der Waals surface area contributed by atoms with Gasteiger partial charge in [-0.15, -0.1) is 0 Å². The molecule has 2 rings (SSSR count). The molecule has 2 aromatic rings. The molecule has 6 nitrogen and oxygen atoms in total. The molecule has 0 fully saturated rings. The summed E-state index contributed by atoms with van der Waals surface area (Å²) in [6.07, 6.45) is 2.22. The number of aromatic nitrogens is 2. The van der Waals surface area contributed by atoms with Crippen LogP contribution >= 0.6 is 11.6 Å². The van der Waals surface area contributed by atoms with Crippen molar-refractivity contribution < 1.29 is 9.72 Å². The topological polar surface area (TPSA) is 78.0 Å². The molecule has 0 unspecified atom stereocenters. The molecule has 0 atom stereocenters. The standard InChI is InChI=1S/C11H8ClN3O3/c1-7-8(6-16)5-14(13-7)11-3-2-9(15(17)18)4-10(11)12/h2-6H,1H3. The molecule has 0 radical (unpaired) electrons. The summed E-state index contributed by atoms with van der Waals surface area (Å²) in [5.74, 6) is 0. The van der Waals surface area contributed by atoms with Crippen LogP contribution in [0.2, 0.25) is 5.02 Å². The third-order valence-corrected chi connectivity index (χ3v) is 2.76. The van der Waals surface area contributed by atoms with E-state index in [0.717, 1.165) is 0 Å². The molecule has 0 aliphatic rings. The number of rotatable bonds is 3. The van der Waals surface area contributed by atoms with Crippen molar-refractivity contribution in [3.05, 3.63) is 50.8 Å². The normalized spacial score (nSPS) is 10.3. The van der Waals surface area contributed by atoms with Crippen LogP contribution in [0.1, 0.15) is 16.1 Å². The summed E-state index contributed by atoms with van der Waals surface area (Å²) in [5, 5.41) is 14.9. The largest absolute Gasteiger partial charge is 0.298 e. The Hall–Kier alpha value is -2.21. The second-order valence-corrected chi connectivity index (χ2v) is 4.03. The zero-order valence-corrected chi connectivity index (χ0v) is 10.1. The predicted octanol–water partition coefficient (Wildman–Crippen LogP) is 2.55. The second-order valence-electron chi connectivity index (χ2n) is 3.63. The van der Waals surface area contributed by atoms with Crippen molar-refractivity contribution in [2.45, 2.75) is 6.92 Å². The van der Waals surface area contributed by atoms with Gasteiger partial charge < -0.3 is 0 Å². The molecule has 0 spiro atoms. The Morgan fingerprint density at radius 2 is 2.22 bits per heavy atom. The number of carbonyl (C=O) groups is 1. The minimum absolute atomic E-state index is 0.0942. The van der Waals surface area contributed by atoms with E-state index < -0.39 is 4.92 Å². The van der Waals surface area contributed by atoms with Gasteiger partial charge in [0.25, 0.3) is 5.69 Å². The van der Waals surface area contributed by atoms with Crippen LogP contribution in [-0.2, 0) is 0 Å². The van der Waals surface area contributed by atoms with Gasteiger partial charge in [0.1, 0.15) is 0 Å². The minimum atomic E-state index is -0.527. The van der Waals surface area contributed by atoms with Gasteiger partial charge in [0.2, 0.25) is 0 Å². The van der Waals surface area contributed by atoms with Crippen molar-refractivity contribution in [2.75, 3.05) is 0 Å². The average molecular weight is 266 g/mol. The number of non-ortho nitro benzene ring substituents is 1. The number of carbonyl (C=O) groups excluding carboxylic acids is 1. The molecule has 7 heteroatoms. The van der Waals surface area contributed by atoms with Gasteiger partial charge in [0, 0.05) is 18.3 Å². The molecular weight excluding hydrogens is 258 g/mol. The van der Waals surface area contributed by atoms with E-state index in [2.05, 4.69) is 5.10 Å². The average Bonchev–Trinajstić information content (AvgIpc) is 2.70. The lowest BCUT2D eigenvalue weighted by molar-refractivity contribution is -0.384. The number of hydrogen-bond donors (Lipinski definition) is 0. The molecule has 0 bridgehead atoms. The van der Waals surface area contributed by atoms with Gasteiger partial charge in [0.05, 0.1) is 26.9 Å². The van der Waals surface area contributed by atoms with E-state index in [1.807, 2.05) is 0 Å². The van der Waals surface area contributed by atoms with Crippen LogP contribution in [0.4, 0.5) is 5.69 Å². The van der Waals surface area contributed by atoms with Crippen LogP contribution in [0.3, 0.4) is 0 Å². The Kier molecular flexibility index (Phi) is 3.12. The maximum absolute atomic E-state index is 10.7. The van der Waals surface area contributed by atoms with Gasteiger partial charge >= 0.3 is 0 Å². The zero-order chi connectivity index (χ0) is 13.3. The lowest BCUT2D eigenvalue weighted by atomic mass is 10.3. The highest BCUT2D eigenvalue weighted by Crippen LogP contribution is 2.25. The monoisotopic (exact) mass is 265 g/mol. The van der Waals surface area contributed by atoms with Crippen molar-refractivity contribution in [1.82, 2.24) is 9.78 Å². The molecule has 1 aromatic carbocycles. The van der Waals surface area contributed by atoms with Gasteiger partial charge in [-0.1, -0.05) is 11.6 Å². The highest BCUT2D eigenvalue weighted by molar-refractivity contribution is 6.32. The summed E-state index contributed by atoms with van der Waals surface area (Å²) in [6.45, 7) is 1.69. The first-order valence-corrected chi connectivity index (χ1v) is 5.36. The van der Waals surface area contributed by atoms with Crippen LogP contribution < -0.4 is 0 Å². The summed E-state index contributed by atoms with van der Waals surface area (Å²) in [7, 11) is 0. The van der Waals surface area contributed by atoms with Crippen LogP contribution in [0.25, 0.3) is 5.69 Å². The minimum Gasteiger partial charge on any atom is -0.298 e. The van der Waals surface area contributed by atoms with E-state index in [9.17, 15) is 14.9 Å². The van der Waals surface area contributed by atoms with Crippen LogP contribution in [0, 0.1) is 17.0 Å². The summed E-state index contributed by atoms with van der Waals surface area (Å²) < 4.78 is 1.42. The van der Waals surface area contributed by atoms with E-state index in [0.29, 0.717) is 23.2 Å². The number of hydrogen-bond acceptors (Lipinski definition) is 4. The summed E-state index contributed by atoms with van der Waals surface area (Å²) in [4.78, 5) is 20.8. The van der Waals surface area contributed by atoms with Crippen molar-refractivity contribution >= 4 is 23.6 Å². The number of halogens is 1. The smallest absolute Gasteiger partial charge is 0.271 e. The van der Waals surface area contributed by atoms with E-state index in [1.165, 1.54) is 29.1 Å². The fourth-order valence-corrected chi connectivity index (χ4v) is 1.77. The highest BCUT2D eigenvalue weighted by Gasteiger charge is 2.12. The molecule has 1 aromatic heterocycles. The molecule has 92 valence electrons. The van der Waals surface area contributed by atoms with Gasteiger partial charge in [-0.3, -0.25) is 14.9 Å². The Bertz CT molecular complexity index is 636. The molecule has 0 amide bonds. The Morgan fingerprint density at radius 1 is 1.50 bits per heavy atom. The lowest BCUT2D eigenvalue weighted by Crippen LogP contribution is -1.97. The summed E-state index contributed by atoms with van der Waals surface area (Å²) in [5.41, 5.74) is 1.41.